The van der Waals surface area contributed by atoms with Crippen molar-refractivity contribution in [2.24, 2.45) is 5.92 Å². The smallest absolute Gasteiger partial charge is 0.240 e. The highest BCUT2D eigenvalue weighted by atomic mass is 35.5. The van der Waals surface area contributed by atoms with Gasteiger partial charge in [0.05, 0.1) is 17.5 Å². The quantitative estimate of drug-likeness (QED) is 0.344. The zero-order valence-electron chi connectivity index (χ0n) is 19.7. The molecule has 3 fully saturated rings. The lowest BCUT2D eigenvalue weighted by atomic mass is 9.85. The first-order chi connectivity index (χ1) is 16.7. The first kappa shape index (κ1) is 27.1. The van der Waals surface area contributed by atoms with Gasteiger partial charge in [-0.2, -0.15) is 0 Å². The van der Waals surface area contributed by atoms with E-state index in [1.54, 1.807) is 25.3 Å². The fourth-order valence-electron chi connectivity index (χ4n) is 5.45. The molecule has 1 aromatic carbocycles. The summed E-state index contributed by atoms with van der Waals surface area (Å²) in [5, 5.41) is 36.6. The van der Waals surface area contributed by atoms with Crippen LogP contribution in [0, 0.1) is 11.7 Å². The van der Waals surface area contributed by atoms with Gasteiger partial charge < -0.3 is 35.4 Å². The predicted molar refractivity (Wildman–Crippen MR) is 131 cm³/mol. The van der Waals surface area contributed by atoms with Crippen molar-refractivity contribution in [3.8, 4) is 0 Å². The van der Waals surface area contributed by atoms with Gasteiger partial charge >= 0.3 is 0 Å². The fourth-order valence-corrected chi connectivity index (χ4v) is 6.33. The Bertz CT molecular complexity index is 882. The second kappa shape index (κ2) is 11.6. The monoisotopic (exact) mass is 532 g/mol. The standard InChI is InChI=1S/C24H34ClFN2O6S/c1-11(25)16(22-19(30)18(29)20(31)24(34-22)35-2)28-23(32)17-21-14(10-27-17)8-13(6-7-33-21)12-4-3-5-15(26)9-12/h3-5,9,11,13-14,16-22,24,27,29-31H,6-8,10H2,1-2H3,(H,28,32)/t11-,13-,14-,16+,17-,18?,19?,20?,21+,22?,24?/m0/s1. The minimum absolute atomic E-state index is 0.0720. The average molecular weight is 533 g/mol. The third-order valence-electron chi connectivity index (χ3n) is 7.36. The number of amides is 1. The molecule has 0 aliphatic carbocycles. The van der Waals surface area contributed by atoms with Gasteiger partial charge in [0.25, 0.3) is 0 Å². The zero-order chi connectivity index (χ0) is 25.3. The number of fused-ring (bicyclic) bond motifs is 1. The molecule has 1 amide bonds. The lowest BCUT2D eigenvalue weighted by Gasteiger charge is -2.44. The Morgan fingerprint density at radius 2 is 2.06 bits per heavy atom. The molecule has 5 N–H and O–H groups in total. The van der Waals surface area contributed by atoms with Crippen LogP contribution in [0.1, 0.15) is 31.2 Å². The van der Waals surface area contributed by atoms with Crippen LogP contribution in [0.25, 0.3) is 0 Å². The minimum Gasteiger partial charge on any atom is -0.388 e. The second-order valence-corrected chi connectivity index (χ2v) is 11.3. The lowest BCUT2D eigenvalue weighted by Crippen LogP contribution is -2.65. The van der Waals surface area contributed by atoms with Gasteiger partial charge in [0.15, 0.2) is 0 Å². The number of nitrogens with one attached hydrogen (secondary N) is 2. The normalized spacial score (nSPS) is 39.3. The van der Waals surface area contributed by atoms with Crippen LogP contribution in [0.4, 0.5) is 4.39 Å². The van der Waals surface area contributed by atoms with E-state index in [1.807, 2.05) is 6.07 Å². The number of hydrogen-bond donors (Lipinski definition) is 5. The number of carbonyl (C=O) groups is 1. The Balaban J connectivity index is 1.44. The van der Waals surface area contributed by atoms with Gasteiger partial charge in [0.2, 0.25) is 5.91 Å². The Morgan fingerprint density at radius 1 is 1.29 bits per heavy atom. The Morgan fingerprint density at radius 3 is 2.74 bits per heavy atom. The molecule has 0 radical (unpaired) electrons. The Hall–Kier alpha value is -0.980. The number of aliphatic hydroxyl groups excluding tert-OH is 3. The average Bonchev–Trinajstić information content (AvgIpc) is 3.11. The van der Waals surface area contributed by atoms with E-state index in [4.69, 9.17) is 21.1 Å². The van der Waals surface area contributed by atoms with Gasteiger partial charge in [-0.15, -0.1) is 23.4 Å². The number of ether oxygens (including phenoxy) is 2. The molecule has 4 rings (SSSR count). The van der Waals surface area contributed by atoms with Crippen molar-refractivity contribution in [1.82, 2.24) is 10.6 Å². The highest BCUT2D eigenvalue weighted by Crippen LogP contribution is 2.36. The Kier molecular flexibility index (Phi) is 8.97. The summed E-state index contributed by atoms with van der Waals surface area (Å²) >= 11 is 7.59. The molecule has 0 aromatic heterocycles. The highest BCUT2D eigenvalue weighted by molar-refractivity contribution is 7.99. The molecule has 11 heteroatoms. The lowest BCUT2D eigenvalue weighted by molar-refractivity contribution is -0.205. The van der Waals surface area contributed by atoms with Gasteiger partial charge in [0, 0.05) is 19.1 Å². The van der Waals surface area contributed by atoms with Crippen molar-refractivity contribution in [2.75, 3.05) is 19.4 Å². The van der Waals surface area contributed by atoms with Crippen LogP contribution >= 0.6 is 23.4 Å². The number of benzene rings is 1. The maximum atomic E-state index is 13.8. The number of carbonyl (C=O) groups excluding carboxylic acids is 1. The molecule has 1 aromatic rings. The highest BCUT2D eigenvalue weighted by Gasteiger charge is 2.49. The fraction of sp³-hybridized carbons (Fsp3) is 0.708. The van der Waals surface area contributed by atoms with Crippen molar-refractivity contribution in [2.45, 2.75) is 79.1 Å². The maximum absolute atomic E-state index is 13.8. The Labute approximate surface area is 213 Å². The molecular weight excluding hydrogens is 499 g/mol. The van der Waals surface area contributed by atoms with Gasteiger partial charge in [-0.3, -0.25) is 4.79 Å². The third kappa shape index (κ3) is 5.80. The molecule has 3 aliphatic rings. The van der Waals surface area contributed by atoms with Gasteiger partial charge in [-0.1, -0.05) is 12.1 Å². The summed E-state index contributed by atoms with van der Waals surface area (Å²) in [7, 11) is 0. The summed E-state index contributed by atoms with van der Waals surface area (Å²) in [5.74, 6) is -0.387. The van der Waals surface area contributed by atoms with Gasteiger partial charge in [-0.05, 0) is 49.6 Å². The SMILES string of the molecule is CSC1OC([C@H](NC(=O)[C@H]2NC[C@@H]3C[C@@H](c4cccc(F)c4)CCO[C@H]32)[C@H](C)Cl)C(O)C(O)C1O. The number of thioether (sulfide) groups is 1. The van der Waals surface area contributed by atoms with E-state index in [9.17, 15) is 24.5 Å². The van der Waals surface area contributed by atoms with Crippen molar-refractivity contribution in [3.63, 3.8) is 0 Å². The van der Waals surface area contributed by atoms with E-state index in [0.717, 1.165) is 18.4 Å². The molecular formula is C24H34ClFN2O6S. The molecule has 11 atom stereocenters. The van der Waals surface area contributed by atoms with Crippen molar-refractivity contribution >= 4 is 29.3 Å². The first-order valence-corrected chi connectivity index (χ1v) is 13.7. The number of rotatable bonds is 6. The summed E-state index contributed by atoms with van der Waals surface area (Å²) in [5.41, 5.74) is 0.165. The topological polar surface area (TPSA) is 120 Å². The largest absolute Gasteiger partial charge is 0.388 e. The van der Waals surface area contributed by atoms with Crippen LogP contribution in [0.2, 0.25) is 0 Å². The number of alkyl halides is 1. The van der Waals surface area contributed by atoms with Crippen LogP contribution in [-0.2, 0) is 14.3 Å². The molecule has 5 unspecified atom stereocenters. The summed E-state index contributed by atoms with van der Waals surface area (Å²) in [6.07, 6.45) is -2.26. The van der Waals surface area contributed by atoms with Crippen LogP contribution in [-0.4, -0.2) is 94.1 Å². The van der Waals surface area contributed by atoms with E-state index >= 15 is 0 Å². The molecule has 0 bridgehead atoms. The summed E-state index contributed by atoms with van der Waals surface area (Å²) in [6, 6.07) is 5.19. The molecule has 3 saturated heterocycles. The maximum Gasteiger partial charge on any atom is 0.240 e. The molecule has 3 aliphatic heterocycles. The minimum atomic E-state index is -1.43. The van der Waals surface area contributed by atoms with E-state index in [0.29, 0.717) is 13.2 Å². The van der Waals surface area contributed by atoms with E-state index in [-0.39, 0.29) is 29.7 Å². The number of aliphatic hydroxyl groups is 3. The number of hydrogen-bond acceptors (Lipinski definition) is 8. The van der Waals surface area contributed by atoms with Crippen molar-refractivity contribution in [3.05, 3.63) is 35.6 Å². The van der Waals surface area contributed by atoms with Gasteiger partial charge in [-0.25, -0.2) is 4.39 Å². The molecule has 0 saturated carbocycles. The van der Waals surface area contributed by atoms with Crippen LogP contribution < -0.4 is 10.6 Å². The molecule has 8 nitrogen and oxygen atoms in total. The molecule has 0 spiro atoms. The van der Waals surface area contributed by atoms with Crippen LogP contribution in [0.3, 0.4) is 0 Å². The third-order valence-corrected chi connectivity index (χ3v) is 8.48. The zero-order valence-corrected chi connectivity index (χ0v) is 21.3. The molecule has 196 valence electrons. The van der Waals surface area contributed by atoms with Crippen LogP contribution in [0.15, 0.2) is 24.3 Å². The second-order valence-electron chi connectivity index (χ2n) is 9.65. The van der Waals surface area contributed by atoms with Gasteiger partial charge in [0.1, 0.15) is 41.7 Å². The predicted octanol–water partition coefficient (Wildman–Crippen LogP) is 0.959. The van der Waals surface area contributed by atoms with Crippen LogP contribution in [0.5, 0.6) is 0 Å². The summed E-state index contributed by atoms with van der Waals surface area (Å²) < 4.78 is 25.7. The van der Waals surface area contributed by atoms with Crippen molar-refractivity contribution < 1.29 is 34.0 Å². The van der Waals surface area contributed by atoms with E-state index in [1.165, 1.54) is 17.8 Å². The molecule has 35 heavy (non-hydrogen) atoms. The summed E-state index contributed by atoms with van der Waals surface area (Å²) in [4.78, 5) is 13.4. The molecule has 3 heterocycles. The van der Waals surface area contributed by atoms with Crippen molar-refractivity contribution in [1.29, 1.82) is 0 Å². The van der Waals surface area contributed by atoms with E-state index in [2.05, 4.69) is 10.6 Å². The summed E-state index contributed by atoms with van der Waals surface area (Å²) in [6.45, 7) is 2.70. The first-order valence-electron chi connectivity index (χ1n) is 12.0. The van der Waals surface area contributed by atoms with E-state index < -0.39 is 47.3 Å². The number of halogens is 2.